The van der Waals surface area contributed by atoms with E-state index in [9.17, 15) is 18.0 Å². The van der Waals surface area contributed by atoms with Crippen LogP contribution in [-0.2, 0) is 11.0 Å². The van der Waals surface area contributed by atoms with Crippen LogP contribution in [0.1, 0.15) is 30.4 Å². The summed E-state index contributed by atoms with van der Waals surface area (Å²) in [5.41, 5.74) is 0.146. The van der Waals surface area contributed by atoms with E-state index in [-0.39, 0.29) is 12.3 Å². The molecule has 0 spiro atoms. The molecule has 0 saturated heterocycles. The van der Waals surface area contributed by atoms with Crippen LogP contribution in [0.25, 0.3) is 0 Å². The summed E-state index contributed by atoms with van der Waals surface area (Å²) in [6.07, 6.45) is -4.27. The van der Waals surface area contributed by atoms with Gasteiger partial charge in [0, 0.05) is 13.1 Å². The Bertz CT molecular complexity index is 443. The second-order valence-corrected chi connectivity index (χ2v) is 4.93. The van der Waals surface area contributed by atoms with E-state index in [1.54, 1.807) is 7.05 Å². The number of hydrogen-bond donors (Lipinski definition) is 1. The zero-order valence-electron chi connectivity index (χ0n) is 11.4. The molecule has 0 saturated carbocycles. The van der Waals surface area contributed by atoms with Gasteiger partial charge >= 0.3 is 12.1 Å². The molecule has 0 heterocycles. The van der Waals surface area contributed by atoms with Crippen LogP contribution >= 0.6 is 0 Å². The Morgan fingerprint density at radius 1 is 1.30 bits per heavy atom. The van der Waals surface area contributed by atoms with Crippen LogP contribution in [0.5, 0.6) is 0 Å². The van der Waals surface area contributed by atoms with Gasteiger partial charge < -0.3 is 10.0 Å². The van der Waals surface area contributed by atoms with Crippen molar-refractivity contribution in [2.24, 2.45) is 0 Å². The zero-order chi connectivity index (χ0) is 15.3. The highest BCUT2D eigenvalue weighted by Crippen LogP contribution is 2.30. The Morgan fingerprint density at radius 2 is 1.85 bits per heavy atom. The van der Waals surface area contributed by atoms with Crippen molar-refractivity contribution in [1.29, 1.82) is 0 Å². The molecule has 0 amide bonds. The predicted octanol–water partition coefficient (Wildman–Crippen LogP) is 3.22. The number of halogens is 3. The third-order valence-electron chi connectivity index (χ3n) is 3.10. The van der Waals surface area contributed by atoms with Gasteiger partial charge in [-0.15, -0.1) is 0 Å². The number of alkyl halides is 3. The topological polar surface area (TPSA) is 40.5 Å². The van der Waals surface area contributed by atoms with Gasteiger partial charge in [-0.1, -0.05) is 19.1 Å². The van der Waals surface area contributed by atoms with Crippen LogP contribution in [0.2, 0.25) is 0 Å². The van der Waals surface area contributed by atoms with Crippen molar-refractivity contribution in [1.82, 2.24) is 4.90 Å². The lowest BCUT2D eigenvalue weighted by molar-refractivity contribution is -0.138. The zero-order valence-corrected chi connectivity index (χ0v) is 11.4. The maximum absolute atomic E-state index is 12.4. The van der Waals surface area contributed by atoms with E-state index < -0.39 is 17.7 Å². The number of nitrogens with zero attached hydrogens (tertiary/aromatic N) is 1. The van der Waals surface area contributed by atoms with Crippen molar-refractivity contribution in [3.05, 3.63) is 35.4 Å². The monoisotopic (exact) mass is 289 g/mol. The van der Waals surface area contributed by atoms with Gasteiger partial charge in [0.2, 0.25) is 0 Å². The van der Waals surface area contributed by atoms with E-state index in [0.717, 1.165) is 17.7 Å². The molecule has 0 aromatic heterocycles. The molecule has 0 fully saturated rings. The molecular weight excluding hydrogens is 271 g/mol. The molecule has 112 valence electrons. The van der Waals surface area contributed by atoms with Crippen molar-refractivity contribution >= 4 is 5.97 Å². The Morgan fingerprint density at radius 3 is 2.30 bits per heavy atom. The number of carboxylic acids is 1. The summed E-state index contributed by atoms with van der Waals surface area (Å²) in [6, 6.07) is 5.09. The molecule has 0 aliphatic carbocycles. The van der Waals surface area contributed by atoms with Crippen LogP contribution in [-0.4, -0.2) is 36.1 Å². The second-order valence-electron chi connectivity index (χ2n) is 4.93. The molecule has 1 rings (SSSR count). The molecule has 1 aromatic rings. The first-order valence-electron chi connectivity index (χ1n) is 6.27. The first-order chi connectivity index (χ1) is 9.20. The smallest absolute Gasteiger partial charge is 0.416 e. The van der Waals surface area contributed by atoms with Crippen molar-refractivity contribution in [2.45, 2.75) is 25.4 Å². The van der Waals surface area contributed by atoms with Gasteiger partial charge in [0.05, 0.1) is 12.0 Å². The lowest BCUT2D eigenvalue weighted by Crippen LogP contribution is -2.26. The normalized spacial score (nSPS) is 13.5. The first-order valence-corrected chi connectivity index (χ1v) is 6.27. The van der Waals surface area contributed by atoms with Gasteiger partial charge in [0.1, 0.15) is 0 Å². The maximum Gasteiger partial charge on any atom is 0.416 e. The summed E-state index contributed by atoms with van der Waals surface area (Å²) in [6.45, 7) is 2.92. The fourth-order valence-electron chi connectivity index (χ4n) is 1.95. The highest BCUT2D eigenvalue weighted by molar-refractivity contribution is 5.66. The molecule has 0 radical (unpaired) electrons. The molecule has 0 bridgehead atoms. The number of hydrogen-bond acceptors (Lipinski definition) is 2. The molecule has 0 aliphatic heterocycles. The molecule has 1 unspecified atom stereocenters. The minimum absolute atomic E-state index is 0.0380. The molecule has 0 aliphatic rings. The number of benzene rings is 1. The van der Waals surface area contributed by atoms with Gasteiger partial charge in [-0.25, -0.2) is 0 Å². The third-order valence-corrected chi connectivity index (χ3v) is 3.10. The quantitative estimate of drug-likeness (QED) is 0.874. The SMILES string of the molecule is CC(CN(C)CCC(=O)O)c1ccc(C(F)(F)F)cc1. The van der Waals surface area contributed by atoms with Crippen LogP contribution in [0.4, 0.5) is 13.2 Å². The number of likely N-dealkylation sites (N-methyl/N-ethyl adjacent to an activating group) is 1. The lowest BCUT2D eigenvalue weighted by Gasteiger charge is -2.21. The third kappa shape index (κ3) is 5.21. The minimum atomic E-state index is -4.32. The predicted molar refractivity (Wildman–Crippen MR) is 69.6 cm³/mol. The summed E-state index contributed by atoms with van der Waals surface area (Å²) >= 11 is 0. The maximum atomic E-state index is 12.4. The molecule has 6 heteroatoms. The van der Waals surface area contributed by atoms with Crippen molar-refractivity contribution < 1.29 is 23.1 Å². The van der Waals surface area contributed by atoms with E-state index in [1.165, 1.54) is 12.1 Å². The number of aliphatic carboxylic acids is 1. The Labute approximate surface area is 116 Å². The highest BCUT2D eigenvalue weighted by Gasteiger charge is 2.30. The van der Waals surface area contributed by atoms with Gasteiger partial charge in [-0.05, 0) is 30.7 Å². The summed E-state index contributed by atoms with van der Waals surface area (Å²) < 4.78 is 37.3. The molecule has 1 N–H and O–H groups in total. The van der Waals surface area contributed by atoms with Crippen LogP contribution in [0.15, 0.2) is 24.3 Å². The molecule has 1 atom stereocenters. The average Bonchev–Trinajstić information content (AvgIpc) is 2.35. The van der Waals surface area contributed by atoms with E-state index in [0.29, 0.717) is 13.1 Å². The lowest BCUT2D eigenvalue weighted by atomic mass is 9.99. The first kappa shape index (κ1) is 16.5. The molecule has 1 aromatic carbocycles. The van der Waals surface area contributed by atoms with Gasteiger partial charge in [0.25, 0.3) is 0 Å². The Balaban J connectivity index is 2.59. The Hall–Kier alpha value is -1.56. The summed E-state index contributed by atoms with van der Waals surface area (Å²) in [5, 5.41) is 8.59. The average molecular weight is 289 g/mol. The fourth-order valence-corrected chi connectivity index (χ4v) is 1.95. The fraction of sp³-hybridized carbons (Fsp3) is 0.500. The number of carbonyl (C=O) groups is 1. The van der Waals surface area contributed by atoms with E-state index in [1.807, 2.05) is 11.8 Å². The van der Waals surface area contributed by atoms with Crippen LogP contribution < -0.4 is 0 Å². The Kier molecular flexibility index (Phi) is 5.56. The summed E-state index contributed by atoms with van der Waals surface area (Å²) in [5.74, 6) is -0.824. The molecule has 3 nitrogen and oxygen atoms in total. The number of rotatable bonds is 6. The highest BCUT2D eigenvalue weighted by atomic mass is 19.4. The summed E-state index contributed by atoms with van der Waals surface area (Å²) in [7, 11) is 1.80. The largest absolute Gasteiger partial charge is 0.481 e. The van der Waals surface area contributed by atoms with Crippen molar-refractivity contribution in [3.8, 4) is 0 Å². The van der Waals surface area contributed by atoms with E-state index in [2.05, 4.69) is 0 Å². The van der Waals surface area contributed by atoms with E-state index >= 15 is 0 Å². The van der Waals surface area contributed by atoms with Crippen LogP contribution in [0, 0.1) is 0 Å². The van der Waals surface area contributed by atoms with Gasteiger partial charge in [0.15, 0.2) is 0 Å². The summed E-state index contributed by atoms with van der Waals surface area (Å²) in [4.78, 5) is 12.3. The van der Waals surface area contributed by atoms with Crippen molar-refractivity contribution in [2.75, 3.05) is 20.1 Å². The molecule has 20 heavy (non-hydrogen) atoms. The molecular formula is C14H18F3NO2. The van der Waals surface area contributed by atoms with E-state index in [4.69, 9.17) is 5.11 Å². The second kappa shape index (κ2) is 6.74. The minimum Gasteiger partial charge on any atom is -0.481 e. The standard InChI is InChI=1S/C14H18F3NO2/c1-10(9-18(2)8-7-13(19)20)11-3-5-12(6-4-11)14(15,16)17/h3-6,10H,7-9H2,1-2H3,(H,19,20). The van der Waals surface area contributed by atoms with Gasteiger partial charge in [-0.3, -0.25) is 4.79 Å². The van der Waals surface area contributed by atoms with Crippen molar-refractivity contribution in [3.63, 3.8) is 0 Å². The number of carboxylic acid groups (broad SMARTS) is 1. The van der Waals surface area contributed by atoms with Crippen LogP contribution in [0.3, 0.4) is 0 Å². The van der Waals surface area contributed by atoms with Gasteiger partial charge in [-0.2, -0.15) is 13.2 Å².